The molecule has 20 heavy (non-hydrogen) atoms. The average molecular weight is 267 g/mol. The Morgan fingerprint density at radius 1 is 1.20 bits per heavy atom. The van der Waals surface area contributed by atoms with Gasteiger partial charge in [-0.3, -0.25) is 4.79 Å². The van der Waals surface area contributed by atoms with Crippen molar-refractivity contribution in [2.24, 2.45) is 0 Å². The lowest BCUT2D eigenvalue weighted by Gasteiger charge is -2.11. The zero-order valence-electron chi connectivity index (χ0n) is 11.4. The third-order valence-corrected chi connectivity index (χ3v) is 3.41. The molecule has 0 radical (unpaired) electrons. The first-order chi connectivity index (χ1) is 9.65. The molecule has 0 unspecified atom stereocenters. The van der Waals surface area contributed by atoms with Crippen molar-refractivity contribution in [3.05, 3.63) is 59.2 Å². The first-order valence-corrected chi connectivity index (χ1v) is 6.81. The molecule has 2 aromatic rings. The highest BCUT2D eigenvalue weighted by Crippen LogP contribution is 2.33. The maximum atomic E-state index is 12.5. The van der Waals surface area contributed by atoms with Gasteiger partial charge in [0.25, 0.3) is 0 Å². The van der Waals surface area contributed by atoms with E-state index in [1.807, 2.05) is 43.3 Å². The second-order valence-electron chi connectivity index (χ2n) is 5.23. The fourth-order valence-electron chi connectivity index (χ4n) is 2.15. The molecule has 0 heterocycles. The van der Waals surface area contributed by atoms with Crippen molar-refractivity contribution in [1.82, 2.24) is 0 Å². The molecule has 0 aliphatic heterocycles. The summed E-state index contributed by atoms with van der Waals surface area (Å²) in [6.45, 7) is 1.97. The average Bonchev–Trinajstić information content (AvgIpc) is 3.24. The molecule has 1 saturated carbocycles. The van der Waals surface area contributed by atoms with Crippen molar-refractivity contribution in [2.75, 3.05) is 5.73 Å². The number of ether oxygens (including phenoxy) is 1. The van der Waals surface area contributed by atoms with Gasteiger partial charge in [0.05, 0.1) is 11.8 Å². The van der Waals surface area contributed by atoms with Gasteiger partial charge in [0.1, 0.15) is 5.75 Å². The minimum Gasteiger partial charge on any atom is -0.488 e. The Balaban J connectivity index is 1.94. The molecule has 0 aromatic heterocycles. The van der Waals surface area contributed by atoms with Gasteiger partial charge in [-0.1, -0.05) is 29.8 Å². The van der Waals surface area contributed by atoms with Crippen molar-refractivity contribution >= 4 is 11.5 Å². The highest BCUT2D eigenvalue weighted by molar-refractivity contribution is 6.12. The van der Waals surface area contributed by atoms with Gasteiger partial charge in [0, 0.05) is 11.1 Å². The smallest absolute Gasteiger partial charge is 0.195 e. The minimum atomic E-state index is -0.0625. The van der Waals surface area contributed by atoms with Crippen LogP contribution in [0.4, 0.5) is 5.69 Å². The van der Waals surface area contributed by atoms with Gasteiger partial charge in [0.2, 0.25) is 0 Å². The SMILES string of the molecule is Cc1cccc(C(=O)c2cccc(OC3CC3)c2N)c1. The summed E-state index contributed by atoms with van der Waals surface area (Å²) in [5.41, 5.74) is 8.74. The Bertz CT molecular complexity index is 660. The third-order valence-electron chi connectivity index (χ3n) is 3.41. The van der Waals surface area contributed by atoms with E-state index < -0.39 is 0 Å². The van der Waals surface area contributed by atoms with Gasteiger partial charge >= 0.3 is 0 Å². The lowest BCUT2D eigenvalue weighted by atomic mass is 10.00. The van der Waals surface area contributed by atoms with Crippen LogP contribution in [0.1, 0.15) is 34.3 Å². The van der Waals surface area contributed by atoms with Gasteiger partial charge in [0.15, 0.2) is 5.78 Å². The van der Waals surface area contributed by atoms with Crippen molar-refractivity contribution < 1.29 is 9.53 Å². The monoisotopic (exact) mass is 267 g/mol. The van der Waals surface area contributed by atoms with E-state index in [1.165, 1.54) is 0 Å². The van der Waals surface area contributed by atoms with Gasteiger partial charge in [-0.05, 0) is 38.0 Å². The highest BCUT2D eigenvalue weighted by atomic mass is 16.5. The molecule has 0 bridgehead atoms. The van der Waals surface area contributed by atoms with E-state index in [1.54, 1.807) is 6.07 Å². The molecule has 1 aliphatic carbocycles. The number of anilines is 1. The van der Waals surface area contributed by atoms with Gasteiger partial charge in [-0.2, -0.15) is 0 Å². The van der Waals surface area contributed by atoms with Crippen LogP contribution in [0.5, 0.6) is 5.75 Å². The highest BCUT2D eigenvalue weighted by Gasteiger charge is 2.25. The first kappa shape index (κ1) is 12.7. The first-order valence-electron chi connectivity index (χ1n) is 6.81. The molecular weight excluding hydrogens is 250 g/mol. The van der Waals surface area contributed by atoms with Crippen molar-refractivity contribution in [3.63, 3.8) is 0 Å². The molecular formula is C17H17NO2. The summed E-state index contributed by atoms with van der Waals surface area (Å²) in [4.78, 5) is 12.5. The van der Waals surface area contributed by atoms with E-state index in [0.717, 1.165) is 18.4 Å². The van der Waals surface area contributed by atoms with Gasteiger partial charge in [-0.15, -0.1) is 0 Å². The minimum absolute atomic E-state index is 0.0625. The van der Waals surface area contributed by atoms with E-state index >= 15 is 0 Å². The molecule has 1 fully saturated rings. The number of ketones is 1. The normalized spacial score (nSPS) is 14.1. The quantitative estimate of drug-likeness (QED) is 0.682. The summed E-state index contributed by atoms with van der Waals surface area (Å²) in [7, 11) is 0. The second kappa shape index (κ2) is 5.00. The zero-order chi connectivity index (χ0) is 14.1. The van der Waals surface area contributed by atoms with Crippen molar-refractivity contribution in [3.8, 4) is 5.75 Å². The van der Waals surface area contributed by atoms with Crippen LogP contribution >= 0.6 is 0 Å². The number of carbonyl (C=O) groups is 1. The van der Waals surface area contributed by atoms with Gasteiger partial charge < -0.3 is 10.5 Å². The molecule has 0 spiro atoms. The number of hydrogen-bond acceptors (Lipinski definition) is 3. The Labute approximate surface area is 118 Å². The summed E-state index contributed by atoms with van der Waals surface area (Å²) in [6, 6.07) is 12.9. The summed E-state index contributed by atoms with van der Waals surface area (Å²) in [5.74, 6) is 0.554. The molecule has 2 N–H and O–H groups in total. The van der Waals surface area contributed by atoms with E-state index in [4.69, 9.17) is 10.5 Å². The third kappa shape index (κ3) is 2.52. The Morgan fingerprint density at radius 3 is 2.65 bits per heavy atom. The van der Waals surface area contributed by atoms with Crippen LogP contribution in [0, 0.1) is 6.92 Å². The number of nitrogens with two attached hydrogens (primary N) is 1. The molecule has 1 aliphatic rings. The number of hydrogen-bond donors (Lipinski definition) is 1. The molecule has 3 rings (SSSR count). The zero-order valence-corrected chi connectivity index (χ0v) is 11.4. The van der Waals surface area contributed by atoms with Crippen LogP contribution in [0.25, 0.3) is 0 Å². The largest absolute Gasteiger partial charge is 0.488 e. The van der Waals surface area contributed by atoms with Crippen LogP contribution in [0.15, 0.2) is 42.5 Å². The van der Waals surface area contributed by atoms with E-state index in [-0.39, 0.29) is 11.9 Å². The topological polar surface area (TPSA) is 52.3 Å². The lowest BCUT2D eigenvalue weighted by molar-refractivity contribution is 0.103. The number of rotatable bonds is 4. The predicted octanol–water partition coefficient (Wildman–Crippen LogP) is 3.35. The fraction of sp³-hybridized carbons (Fsp3) is 0.235. The number of benzene rings is 2. The summed E-state index contributed by atoms with van der Waals surface area (Å²) < 4.78 is 5.73. The van der Waals surface area contributed by atoms with Crippen LogP contribution < -0.4 is 10.5 Å². The maximum absolute atomic E-state index is 12.5. The van der Waals surface area contributed by atoms with E-state index in [2.05, 4.69) is 0 Å². The number of carbonyl (C=O) groups excluding carboxylic acids is 1. The van der Waals surface area contributed by atoms with Crippen LogP contribution in [-0.4, -0.2) is 11.9 Å². The predicted molar refractivity (Wildman–Crippen MR) is 79.1 cm³/mol. The number of nitrogen functional groups attached to an aromatic ring is 1. The van der Waals surface area contributed by atoms with E-state index in [0.29, 0.717) is 22.6 Å². The molecule has 0 amide bonds. The Kier molecular flexibility index (Phi) is 3.18. The molecule has 102 valence electrons. The van der Waals surface area contributed by atoms with Crippen LogP contribution in [-0.2, 0) is 0 Å². The summed E-state index contributed by atoms with van der Waals surface area (Å²) >= 11 is 0. The second-order valence-corrected chi connectivity index (χ2v) is 5.23. The maximum Gasteiger partial charge on any atom is 0.195 e. The summed E-state index contributed by atoms with van der Waals surface area (Å²) in [6.07, 6.45) is 2.40. The van der Waals surface area contributed by atoms with E-state index in [9.17, 15) is 4.79 Å². The fourth-order valence-corrected chi connectivity index (χ4v) is 2.15. The number of aryl methyl sites for hydroxylation is 1. The molecule has 3 nitrogen and oxygen atoms in total. The lowest BCUT2D eigenvalue weighted by Crippen LogP contribution is -2.08. The summed E-state index contributed by atoms with van der Waals surface area (Å²) in [5, 5.41) is 0. The van der Waals surface area contributed by atoms with Gasteiger partial charge in [-0.25, -0.2) is 0 Å². The van der Waals surface area contributed by atoms with Crippen molar-refractivity contribution in [2.45, 2.75) is 25.9 Å². The van der Waals surface area contributed by atoms with Crippen LogP contribution in [0.3, 0.4) is 0 Å². The molecule has 0 saturated heterocycles. The standard InChI is InChI=1S/C17H17NO2/c1-11-4-2-5-12(10-11)17(19)14-6-3-7-15(16(14)18)20-13-8-9-13/h2-7,10,13H,8-9,18H2,1H3. The Morgan fingerprint density at radius 2 is 1.95 bits per heavy atom. The Hall–Kier alpha value is -2.29. The van der Waals surface area contributed by atoms with Crippen LogP contribution in [0.2, 0.25) is 0 Å². The molecule has 2 aromatic carbocycles. The molecule has 3 heteroatoms. The van der Waals surface area contributed by atoms with Crippen molar-refractivity contribution in [1.29, 1.82) is 0 Å². The number of para-hydroxylation sites is 1. The molecule has 0 atom stereocenters.